The summed E-state index contributed by atoms with van der Waals surface area (Å²) in [5.74, 6) is -4.98. The van der Waals surface area contributed by atoms with Crippen LogP contribution in [0.25, 0.3) is 0 Å². The van der Waals surface area contributed by atoms with Gasteiger partial charge in [-0.25, -0.2) is 13.2 Å². The fraction of sp³-hybridized carbons (Fsp3) is 0.500. The van der Waals surface area contributed by atoms with Gasteiger partial charge in [-0.15, -0.1) is 0 Å². The minimum Gasteiger partial charge on any atom is -0.334 e. The van der Waals surface area contributed by atoms with Crippen LogP contribution in [0.4, 0.5) is 13.2 Å². The van der Waals surface area contributed by atoms with E-state index in [1.165, 1.54) is 4.90 Å². The Hall–Kier alpha value is -1.56. The van der Waals surface area contributed by atoms with Gasteiger partial charge in [-0.3, -0.25) is 4.79 Å². The van der Waals surface area contributed by atoms with E-state index < -0.39 is 28.9 Å². The lowest BCUT2D eigenvalue weighted by atomic mass is 10.1. The van der Waals surface area contributed by atoms with Crippen LogP contribution in [0.15, 0.2) is 12.1 Å². The Morgan fingerprint density at radius 2 is 1.95 bits per heavy atom. The van der Waals surface area contributed by atoms with Gasteiger partial charge in [-0.2, -0.15) is 0 Å². The predicted octanol–water partition coefficient (Wildman–Crippen LogP) is 2.45. The van der Waals surface area contributed by atoms with Crippen molar-refractivity contribution >= 4 is 5.91 Å². The molecule has 1 saturated heterocycles. The minimum absolute atomic E-state index is 0.183. The van der Waals surface area contributed by atoms with Gasteiger partial charge in [-0.1, -0.05) is 12.8 Å². The number of nitrogens with zero attached hydrogens (tertiary/aromatic N) is 1. The van der Waals surface area contributed by atoms with Crippen molar-refractivity contribution in [2.45, 2.75) is 31.7 Å². The molecule has 6 heteroatoms. The highest BCUT2D eigenvalue weighted by Crippen LogP contribution is 2.22. The normalized spacial score (nSPS) is 19.8. The average Bonchev–Trinajstić information content (AvgIpc) is 2.69. The van der Waals surface area contributed by atoms with Crippen molar-refractivity contribution in [2.24, 2.45) is 5.73 Å². The lowest BCUT2D eigenvalue weighted by molar-refractivity contribution is 0.0683. The van der Waals surface area contributed by atoms with Crippen LogP contribution in [0.1, 0.15) is 36.0 Å². The molecule has 3 nitrogen and oxygen atoms in total. The number of likely N-dealkylation sites (tertiary alicyclic amines) is 1. The van der Waals surface area contributed by atoms with Crippen LogP contribution in [0, 0.1) is 17.5 Å². The third-order valence-electron chi connectivity index (χ3n) is 3.68. The van der Waals surface area contributed by atoms with E-state index in [0.717, 1.165) is 37.8 Å². The highest BCUT2D eigenvalue weighted by molar-refractivity contribution is 5.94. The molecule has 1 aliphatic rings. The Bertz CT molecular complexity index is 507. The van der Waals surface area contributed by atoms with E-state index in [9.17, 15) is 18.0 Å². The molecular formula is C14H17F3N2O. The monoisotopic (exact) mass is 286 g/mol. The summed E-state index contributed by atoms with van der Waals surface area (Å²) in [6.45, 7) is 0.732. The number of hydrogen-bond acceptors (Lipinski definition) is 2. The average molecular weight is 286 g/mol. The number of hydrogen-bond donors (Lipinski definition) is 1. The molecule has 110 valence electrons. The molecule has 0 saturated carbocycles. The molecule has 1 atom stereocenters. The van der Waals surface area contributed by atoms with Gasteiger partial charge in [0, 0.05) is 19.1 Å². The zero-order valence-electron chi connectivity index (χ0n) is 11.0. The van der Waals surface area contributed by atoms with Crippen LogP contribution >= 0.6 is 0 Å². The summed E-state index contributed by atoms with van der Waals surface area (Å²) >= 11 is 0. The molecule has 1 aromatic carbocycles. The van der Waals surface area contributed by atoms with Gasteiger partial charge in [0.05, 0.1) is 5.56 Å². The van der Waals surface area contributed by atoms with E-state index in [4.69, 9.17) is 5.73 Å². The van der Waals surface area contributed by atoms with Crippen molar-refractivity contribution in [3.05, 3.63) is 35.1 Å². The Balaban J connectivity index is 2.31. The van der Waals surface area contributed by atoms with Crippen molar-refractivity contribution in [1.29, 1.82) is 0 Å². The van der Waals surface area contributed by atoms with Crippen molar-refractivity contribution in [3.63, 3.8) is 0 Å². The summed E-state index contributed by atoms with van der Waals surface area (Å²) in [5.41, 5.74) is 5.21. The van der Waals surface area contributed by atoms with E-state index in [0.29, 0.717) is 6.54 Å². The summed E-state index contributed by atoms with van der Waals surface area (Å²) in [7, 11) is 0. The second kappa shape index (κ2) is 6.26. The van der Waals surface area contributed by atoms with Crippen LogP contribution in [-0.4, -0.2) is 29.9 Å². The molecule has 20 heavy (non-hydrogen) atoms. The van der Waals surface area contributed by atoms with Gasteiger partial charge in [0.25, 0.3) is 5.91 Å². The van der Waals surface area contributed by atoms with Gasteiger partial charge in [0.15, 0.2) is 17.5 Å². The standard InChI is InChI=1S/C14H17F3N2O/c15-11-6-5-10(12(16)13(11)17)14(20)19-7-3-1-2-4-9(19)8-18/h5-6,9H,1-4,7-8,18H2. The summed E-state index contributed by atoms with van der Waals surface area (Å²) in [6.07, 6.45) is 3.47. The zero-order chi connectivity index (χ0) is 14.7. The van der Waals surface area contributed by atoms with Crippen molar-refractivity contribution in [2.75, 3.05) is 13.1 Å². The predicted molar refractivity (Wildman–Crippen MR) is 68.7 cm³/mol. The van der Waals surface area contributed by atoms with E-state index >= 15 is 0 Å². The van der Waals surface area contributed by atoms with Gasteiger partial charge in [0.2, 0.25) is 0 Å². The van der Waals surface area contributed by atoms with Crippen LogP contribution in [-0.2, 0) is 0 Å². The van der Waals surface area contributed by atoms with E-state index in [1.807, 2.05) is 0 Å². The van der Waals surface area contributed by atoms with Crippen molar-refractivity contribution in [3.8, 4) is 0 Å². The summed E-state index contributed by atoms with van der Waals surface area (Å²) in [6, 6.07) is 1.56. The molecule has 0 spiro atoms. The van der Waals surface area contributed by atoms with Crippen LogP contribution in [0.2, 0.25) is 0 Å². The molecule has 1 heterocycles. The number of halogens is 3. The number of benzene rings is 1. The smallest absolute Gasteiger partial charge is 0.257 e. The first-order valence-electron chi connectivity index (χ1n) is 6.70. The zero-order valence-corrected chi connectivity index (χ0v) is 11.0. The minimum atomic E-state index is -1.62. The summed E-state index contributed by atoms with van der Waals surface area (Å²) < 4.78 is 39.9. The van der Waals surface area contributed by atoms with Crippen LogP contribution in [0.3, 0.4) is 0 Å². The molecule has 1 unspecified atom stereocenters. The Morgan fingerprint density at radius 1 is 1.20 bits per heavy atom. The van der Waals surface area contributed by atoms with Gasteiger partial charge < -0.3 is 10.6 Å². The number of nitrogens with two attached hydrogens (primary N) is 1. The van der Waals surface area contributed by atoms with Gasteiger partial charge >= 0.3 is 0 Å². The van der Waals surface area contributed by atoms with Crippen molar-refractivity contribution < 1.29 is 18.0 Å². The molecule has 0 radical (unpaired) electrons. The Kier molecular flexibility index (Phi) is 4.65. The van der Waals surface area contributed by atoms with E-state index in [1.54, 1.807) is 0 Å². The molecule has 2 rings (SSSR count). The first-order chi connectivity index (χ1) is 9.56. The maximum atomic E-state index is 13.7. The quantitative estimate of drug-likeness (QED) is 0.849. The lowest BCUT2D eigenvalue weighted by Gasteiger charge is -2.29. The van der Waals surface area contributed by atoms with Crippen LogP contribution in [0.5, 0.6) is 0 Å². The molecule has 0 bridgehead atoms. The second-order valence-electron chi connectivity index (χ2n) is 4.96. The first kappa shape index (κ1) is 14.8. The topological polar surface area (TPSA) is 46.3 Å². The fourth-order valence-corrected chi connectivity index (χ4v) is 2.54. The van der Waals surface area contributed by atoms with Gasteiger partial charge in [0.1, 0.15) is 0 Å². The highest BCUT2D eigenvalue weighted by atomic mass is 19.2. The van der Waals surface area contributed by atoms with Crippen molar-refractivity contribution in [1.82, 2.24) is 4.90 Å². The Morgan fingerprint density at radius 3 is 2.65 bits per heavy atom. The second-order valence-corrected chi connectivity index (χ2v) is 4.96. The molecular weight excluding hydrogens is 269 g/mol. The fourth-order valence-electron chi connectivity index (χ4n) is 2.54. The lowest BCUT2D eigenvalue weighted by Crippen LogP contribution is -2.44. The molecule has 0 aromatic heterocycles. The molecule has 1 fully saturated rings. The maximum Gasteiger partial charge on any atom is 0.257 e. The third kappa shape index (κ3) is 2.80. The maximum absolute atomic E-state index is 13.7. The summed E-state index contributed by atoms with van der Waals surface area (Å²) in [4.78, 5) is 13.8. The van der Waals surface area contributed by atoms with Crippen LogP contribution < -0.4 is 5.73 Å². The number of rotatable bonds is 2. The molecule has 0 aliphatic carbocycles. The van der Waals surface area contributed by atoms with Gasteiger partial charge in [-0.05, 0) is 25.0 Å². The third-order valence-corrected chi connectivity index (χ3v) is 3.68. The number of carbonyl (C=O) groups excluding carboxylic acids is 1. The largest absolute Gasteiger partial charge is 0.334 e. The van der Waals surface area contributed by atoms with E-state index in [2.05, 4.69) is 0 Å². The summed E-state index contributed by atoms with van der Waals surface area (Å²) in [5, 5.41) is 0. The Labute approximate surface area is 115 Å². The number of amides is 1. The van der Waals surface area contributed by atoms with E-state index in [-0.39, 0.29) is 12.6 Å². The molecule has 1 aromatic rings. The molecule has 2 N–H and O–H groups in total. The highest BCUT2D eigenvalue weighted by Gasteiger charge is 2.28. The number of carbonyl (C=O) groups is 1. The first-order valence-corrected chi connectivity index (χ1v) is 6.70. The molecule has 1 amide bonds. The SMILES string of the molecule is NCC1CCCCCN1C(=O)c1ccc(F)c(F)c1F. The molecule has 1 aliphatic heterocycles.